The minimum Gasteiger partial charge on any atom is -0.467 e. The molecule has 3 aliphatic heterocycles. The fourth-order valence-corrected chi connectivity index (χ4v) is 4.62. The summed E-state index contributed by atoms with van der Waals surface area (Å²) in [6.45, 7) is 1.82. The summed E-state index contributed by atoms with van der Waals surface area (Å²) < 4.78 is 4.83. The zero-order valence-electron chi connectivity index (χ0n) is 21.2. The SMILES string of the molecule is CO/N=C/C(=O)N[C@@H]1C(=O)N2CCC[C@H]2C(=O)NCC(=O)N[C@H](C(=O)OC)Cc2ccc(cc2)C[C@@H]1C. The normalized spacial score (nSPS) is 25.2. The topological polar surface area (TPSA) is 155 Å². The van der Waals surface area contributed by atoms with E-state index in [4.69, 9.17) is 4.74 Å². The predicted molar refractivity (Wildman–Crippen MR) is 132 cm³/mol. The van der Waals surface area contributed by atoms with Gasteiger partial charge in [-0.2, -0.15) is 0 Å². The van der Waals surface area contributed by atoms with Crippen molar-refractivity contribution in [1.82, 2.24) is 20.9 Å². The zero-order valence-corrected chi connectivity index (χ0v) is 21.2. The first-order chi connectivity index (χ1) is 17.7. The van der Waals surface area contributed by atoms with Crippen molar-refractivity contribution in [2.24, 2.45) is 11.1 Å². The highest BCUT2D eigenvalue weighted by Gasteiger charge is 2.39. The first-order valence-corrected chi connectivity index (χ1v) is 12.1. The van der Waals surface area contributed by atoms with Gasteiger partial charge in [-0.15, -0.1) is 0 Å². The lowest BCUT2D eigenvalue weighted by Crippen LogP contribution is -2.56. The molecule has 0 aromatic heterocycles. The summed E-state index contributed by atoms with van der Waals surface area (Å²) in [6, 6.07) is 4.78. The molecule has 200 valence electrons. The molecule has 4 atom stereocenters. The van der Waals surface area contributed by atoms with Crippen LogP contribution in [0.3, 0.4) is 0 Å². The maximum absolute atomic E-state index is 13.6. The smallest absolute Gasteiger partial charge is 0.328 e. The Bertz CT molecular complexity index is 1040. The van der Waals surface area contributed by atoms with Crippen LogP contribution in [-0.4, -0.2) is 86.1 Å². The molecule has 2 bridgehead atoms. The van der Waals surface area contributed by atoms with Crippen LogP contribution in [0.25, 0.3) is 0 Å². The number of ether oxygens (including phenoxy) is 1. The fraction of sp³-hybridized carbons (Fsp3) is 0.520. The molecule has 1 fully saturated rings. The summed E-state index contributed by atoms with van der Waals surface area (Å²) in [5.74, 6) is -2.95. The highest BCUT2D eigenvalue weighted by molar-refractivity contribution is 6.26. The number of carbonyl (C=O) groups excluding carboxylic acids is 5. The lowest BCUT2D eigenvalue weighted by molar-refractivity contribution is -0.145. The highest BCUT2D eigenvalue weighted by Crippen LogP contribution is 2.22. The van der Waals surface area contributed by atoms with E-state index in [-0.39, 0.29) is 24.8 Å². The first kappa shape index (κ1) is 27.6. The molecule has 4 rings (SSSR count). The molecule has 4 amide bonds. The predicted octanol–water partition coefficient (Wildman–Crippen LogP) is -0.697. The van der Waals surface area contributed by atoms with Crippen molar-refractivity contribution in [3.63, 3.8) is 0 Å². The Balaban J connectivity index is 1.93. The maximum atomic E-state index is 13.6. The highest BCUT2D eigenvalue weighted by atomic mass is 16.6. The third kappa shape index (κ3) is 7.28. The number of hydrogen-bond donors (Lipinski definition) is 3. The standard InChI is InChI=1S/C25H33N5O7/c1-15-11-16-6-8-17(9-7-16)12-18(25(35)36-2)28-20(31)13-26-23(33)19-5-4-10-30(19)24(34)22(15)29-21(32)14-27-37-3/h6-9,14-15,18-19,22H,4-5,10-13H2,1-3H3,(H,26,33)(H,28,31)(H,29,32)/b27-14+/t15-,18-,19-,22-/m0/s1. The molecule has 1 saturated heterocycles. The summed E-state index contributed by atoms with van der Waals surface area (Å²) in [6.07, 6.45) is 2.63. The largest absolute Gasteiger partial charge is 0.467 e. The molecule has 0 unspecified atom stereocenters. The van der Waals surface area contributed by atoms with Crippen LogP contribution >= 0.6 is 0 Å². The van der Waals surface area contributed by atoms with E-state index in [1.54, 1.807) is 0 Å². The number of methoxy groups -OCH3 is 1. The number of nitrogens with zero attached hydrogens (tertiary/aromatic N) is 2. The summed E-state index contributed by atoms with van der Waals surface area (Å²) in [5.41, 5.74) is 1.70. The monoisotopic (exact) mass is 515 g/mol. The van der Waals surface area contributed by atoms with E-state index in [2.05, 4.69) is 25.9 Å². The molecule has 0 aliphatic carbocycles. The molecule has 1 aromatic rings. The van der Waals surface area contributed by atoms with Gasteiger partial charge in [0.15, 0.2) is 0 Å². The Morgan fingerprint density at radius 2 is 1.78 bits per heavy atom. The Hall–Kier alpha value is -3.96. The Kier molecular flexibility index (Phi) is 9.58. The van der Waals surface area contributed by atoms with Crippen molar-refractivity contribution in [2.75, 3.05) is 27.3 Å². The summed E-state index contributed by atoms with van der Waals surface area (Å²) in [4.78, 5) is 69.8. The molecule has 12 nitrogen and oxygen atoms in total. The third-order valence-electron chi connectivity index (χ3n) is 6.51. The molecule has 0 radical (unpaired) electrons. The van der Waals surface area contributed by atoms with Crippen molar-refractivity contribution < 1.29 is 33.5 Å². The zero-order chi connectivity index (χ0) is 26.9. The molecule has 0 spiro atoms. The quantitative estimate of drug-likeness (QED) is 0.272. The molecule has 12 heteroatoms. The number of rotatable bonds is 4. The second-order valence-electron chi connectivity index (χ2n) is 9.16. The van der Waals surface area contributed by atoms with Gasteiger partial charge >= 0.3 is 5.97 Å². The van der Waals surface area contributed by atoms with Crippen LogP contribution in [0, 0.1) is 5.92 Å². The van der Waals surface area contributed by atoms with E-state index in [0.717, 1.165) is 17.3 Å². The molecule has 3 aliphatic rings. The van der Waals surface area contributed by atoms with Crippen LogP contribution in [-0.2, 0) is 46.4 Å². The number of amides is 4. The van der Waals surface area contributed by atoms with Gasteiger partial charge in [-0.1, -0.05) is 36.3 Å². The van der Waals surface area contributed by atoms with E-state index in [0.29, 0.717) is 25.8 Å². The summed E-state index contributed by atoms with van der Waals surface area (Å²) in [5, 5.41) is 11.3. The van der Waals surface area contributed by atoms with Gasteiger partial charge in [-0.05, 0) is 36.3 Å². The second kappa shape index (κ2) is 12.8. The minimum atomic E-state index is -0.924. The van der Waals surface area contributed by atoms with E-state index < -0.39 is 41.8 Å². The number of esters is 1. The van der Waals surface area contributed by atoms with E-state index >= 15 is 0 Å². The first-order valence-electron chi connectivity index (χ1n) is 12.1. The second-order valence-corrected chi connectivity index (χ2v) is 9.16. The van der Waals surface area contributed by atoms with Crippen LogP contribution in [0.2, 0.25) is 0 Å². The van der Waals surface area contributed by atoms with E-state index in [9.17, 15) is 24.0 Å². The number of benzene rings is 1. The Morgan fingerprint density at radius 3 is 2.43 bits per heavy atom. The van der Waals surface area contributed by atoms with Gasteiger partial charge in [0.25, 0.3) is 5.91 Å². The molecule has 1 aromatic carbocycles. The number of fused-ring (bicyclic) bond motifs is 11. The van der Waals surface area contributed by atoms with Crippen LogP contribution < -0.4 is 16.0 Å². The van der Waals surface area contributed by atoms with Crippen molar-refractivity contribution in [3.05, 3.63) is 35.4 Å². The molecular weight excluding hydrogens is 482 g/mol. The van der Waals surface area contributed by atoms with Gasteiger partial charge in [0.05, 0.1) is 13.7 Å². The van der Waals surface area contributed by atoms with Gasteiger partial charge in [0, 0.05) is 13.0 Å². The maximum Gasteiger partial charge on any atom is 0.328 e. The summed E-state index contributed by atoms with van der Waals surface area (Å²) in [7, 11) is 2.54. The number of oxime groups is 1. The Morgan fingerprint density at radius 1 is 1.11 bits per heavy atom. The van der Waals surface area contributed by atoms with Crippen LogP contribution in [0.4, 0.5) is 0 Å². The van der Waals surface area contributed by atoms with Gasteiger partial charge in [0.1, 0.15) is 31.4 Å². The lowest BCUT2D eigenvalue weighted by atomic mass is 9.91. The molecule has 3 heterocycles. The molecule has 3 N–H and O–H groups in total. The van der Waals surface area contributed by atoms with Crippen LogP contribution in [0.5, 0.6) is 0 Å². The fourth-order valence-electron chi connectivity index (χ4n) is 4.62. The summed E-state index contributed by atoms with van der Waals surface area (Å²) >= 11 is 0. The average Bonchev–Trinajstić information content (AvgIpc) is 3.38. The van der Waals surface area contributed by atoms with Gasteiger partial charge in [0.2, 0.25) is 17.7 Å². The van der Waals surface area contributed by atoms with Crippen molar-refractivity contribution in [2.45, 2.75) is 50.7 Å². The number of carbonyl (C=O) groups is 5. The van der Waals surface area contributed by atoms with Crippen molar-refractivity contribution in [3.8, 4) is 0 Å². The van der Waals surface area contributed by atoms with E-state index in [1.807, 2.05) is 31.2 Å². The lowest BCUT2D eigenvalue weighted by Gasteiger charge is -2.31. The van der Waals surface area contributed by atoms with Crippen LogP contribution in [0.1, 0.15) is 30.9 Å². The number of nitrogens with one attached hydrogen (secondary N) is 3. The van der Waals surface area contributed by atoms with Gasteiger partial charge in [-0.25, -0.2) is 4.79 Å². The van der Waals surface area contributed by atoms with E-state index in [1.165, 1.54) is 19.1 Å². The minimum absolute atomic E-state index is 0.203. The van der Waals surface area contributed by atoms with Crippen LogP contribution in [0.15, 0.2) is 29.4 Å². The van der Waals surface area contributed by atoms with Gasteiger partial charge in [-0.3, -0.25) is 19.2 Å². The van der Waals surface area contributed by atoms with Gasteiger partial charge < -0.3 is 30.4 Å². The molecular formula is C25H33N5O7. The molecule has 37 heavy (non-hydrogen) atoms. The average molecular weight is 516 g/mol. The third-order valence-corrected chi connectivity index (χ3v) is 6.51. The van der Waals surface area contributed by atoms with Crippen molar-refractivity contribution >= 4 is 35.8 Å². The Labute approximate surface area is 215 Å². The van der Waals surface area contributed by atoms with Crippen molar-refractivity contribution in [1.29, 1.82) is 0 Å². The number of hydrogen-bond acceptors (Lipinski definition) is 8. The molecule has 0 saturated carbocycles.